The zero-order valence-electron chi connectivity index (χ0n) is 14.1. The number of carbonyl (C=O) groups is 1. The molecule has 2 aromatic rings. The van der Waals surface area contributed by atoms with E-state index in [1.807, 2.05) is 36.1 Å². The highest BCUT2D eigenvalue weighted by atomic mass is 16.2. The second kappa shape index (κ2) is 6.90. The molecule has 2 amide bonds. The fourth-order valence-corrected chi connectivity index (χ4v) is 3.19. The quantitative estimate of drug-likeness (QED) is 0.890. The summed E-state index contributed by atoms with van der Waals surface area (Å²) in [4.78, 5) is 30.8. The van der Waals surface area contributed by atoms with Crippen molar-refractivity contribution in [3.8, 4) is 0 Å². The summed E-state index contributed by atoms with van der Waals surface area (Å²) in [5.74, 6) is 0.508. The molecule has 3 rings (SSSR count). The number of aromatic nitrogens is 2. The van der Waals surface area contributed by atoms with Crippen molar-refractivity contribution in [2.24, 2.45) is 0 Å². The van der Waals surface area contributed by atoms with E-state index in [9.17, 15) is 9.59 Å². The van der Waals surface area contributed by atoms with Gasteiger partial charge in [-0.15, -0.1) is 0 Å². The first kappa shape index (κ1) is 16.3. The summed E-state index contributed by atoms with van der Waals surface area (Å²) in [6.45, 7) is 4.00. The number of urea groups is 1. The van der Waals surface area contributed by atoms with E-state index in [2.05, 4.69) is 15.6 Å². The van der Waals surface area contributed by atoms with E-state index in [4.69, 9.17) is 0 Å². The average molecular weight is 329 g/mol. The van der Waals surface area contributed by atoms with Gasteiger partial charge in [0.25, 0.3) is 5.56 Å². The van der Waals surface area contributed by atoms with Crippen molar-refractivity contribution in [2.45, 2.75) is 32.4 Å². The van der Waals surface area contributed by atoms with Crippen molar-refractivity contribution in [3.63, 3.8) is 0 Å². The highest BCUT2D eigenvalue weighted by Crippen LogP contribution is 2.18. The predicted octanol–water partition coefficient (Wildman–Crippen LogP) is 1.31. The highest BCUT2D eigenvalue weighted by Gasteiger charge is 2.24. The number of benzene rings is 1. The van der Waals surface area contributed by atoms with E-state index < -0.39 is 0 Å². The van der Waals surface area contributed by atoms with Gasteiger partial charge in [-0.1, -0.05) is 12.1 Å². The minimum atomic E-state index is -0.161. The zero-order valence-corrected chi connectivity index (χ0v) is 14.1. The molecule has 7 nitrogen and oxygen atoms in total. The first-order chi connectivity index (χ1) is 11.6. The molecule has 0 saturated carbocycles. The molecule has 0 aliphatic carbocycles. The van der Waals surface area contributed by atoms with E-state index in [-0.39, 0.29) is 17.6 Å². The number of piperidine rings is 1. The summed E-state index contributed by atoms with van der Waals surface area (Å²) in [6, 6.07) is 7.69. The topological polar surface area (TPSA) is 79.3 Å². The molecule has 0 spiro atoms. The number of hydrogen-bond acceptors (Lipinski definition) is 4. The van der Waals surface area contributed by atoms with Crippen molar-refractivity contribution >= 4 is 22.9 Å². The molecule has 1 aliphatic rings. The van der Waals surface area contributed by atoms with Gasteiger partial charge in [-0.2, -0.15) is 0 Å². The fraction of sp³-hybridized carbons (Fsp3) is 0.471. The van der Waals surface area contributed by atoms with Gasteiger partial charge in [0.05, 0.1) is 11.0 Å². The first-order valence-electron chi connectivity index (χ1n) is 8.36. The van der Waals surface area contributed by atoms with Gasteiger partial charge in [-0.3, -0.25) is 4.79 Å². The SMILES string of the molecule is CCn1c(=O)c(N2CCC(NC(=O)NC)CC2)nc2ccccc21. The monoisotopic (exact) mass is 329 g/mol. The number of hydrogen-bond donors (Lipinski definition) is 2. The maximum absolute atomic E-state index is 12.8. The normalized spacial score (nSPS) is 15.5. The van der Waals surface area contributed by atoms with Gasteiger partial charge in [0.1, 0.15) is 0 Å². The van der Waals surface area contributed by atoms with Gasteiger partial charge in [0.15, 0.2) is 5.82 Å². The molecule has 0 radical (unpaired) electrons. The number of carbonyl (C=O) groups excluding carboxylic acids is 1. The molecule has 7 heteroatoms. The Hall–Kier alpha value is -2.57. The van der Waals surface area contributed by atoms with Crippen molar-refractivity contribution in [1.29, 1.82) is 0 Å². The van der Waals surface area contributed by atoms with E-state index in [0.29, 0.717) is 25.5 Å². The number of nitrogens with zero attached hydrogens (tertiary/aromatic N) is 3. The van der Waals surface area contributed by atoms with Crippen LogP contribution in [0.25, 0.3) is 11.0 Å². The number of para-hydroxylation sites is 2. The molecular weight excluding hydrogens is 306 g/mol. The third kappa shape index (κ3) is 3.06. The van der Waals surface area contributed by atoms with Crippen LogP contribution in [0.1, 0.15) is 19.8 Å². The maximum Gasteiger partial charge on any atom is 0.314 e. The molecule has 1 aliphatic heterocycles. The lowest BCUT2D eigenvalue weighted by Gasteiger charge is -2.33. The number of fused-ring (bicyclic) bond motifs is 1. The van der Waals surface area contributed by atoms with Crippen LogP contribution >= 0.6 is 0 Å². The molecule has 1 aromatic heterocycles. The Morgan fingerprint density at radius 3 is 2.67 bits per heavy atom. The minimum absolute atomic E-state index is 0.0473. The van der Waals surface area contributed by atoms with Crippen LogP contribution in [0.3, 0.4) is 0 Å². The molecule has 0 bridgehead atoms. The van der Waals surface area contributed by atoms with Crippen molar-refractivity contribution in [3.05, 3.63) is 34.6 Å². The number of amides is 2. The van der Waals surface area contributed by atoms with Crippen LogP contribution in [0.5, 0.6) is 0 Å². The third-order valence-corrected chi connectivity index (χ3v) is 4.51. The fourth-order valence-electron chi connectivity index (χ4n) is 3.19. The molecule has 24 heavy (non-hydrogen) atoms. The van der Waals surface area contributed by atoms with Crippen LogP contribution in [0.15, 0.2) is 29.1 Å². The van der Waals surface area contributed by atoms with E-state index >= 15 is 0 Å². The number of rotatable bonds is 3. The Kier molecular flexibility index (Phi) is 4.69. The van der Waals surface area contributed by atoms with Crippen molar-refractivity contribution in [1.82, 2.24) is 20.2 Å². The molecule has 0 unspecified atom stereocenters. The summed E-state index contributed by atoms with van der Waals surface area (Å²) in [7, 11) is 1.61. The van der Waals surface area contributed by atoms with Crippen LogP contribution in [0.2, 0.25) is 0 Å². The van der Waals surface area contributed by atoms with E-state index in [1.54, 1.807) is 11.6 Å². The molecule has 0 atom stereocenters. The van der Waals surface area contributed by atoms with Crippen LogP contribution in [-0.2, 0) is 6.54 Å². The van der Waals surface area contributed by atoms with E-state index in [0.717, 1.165) is 23.9 Å². The van der Waals surface area contributed by atoms with Crippen LogP contribution in [0.4, 0.5) is 10.6 Å². The summed E-state index contributed by atoms with van der Waals surface area (Å²) < 4.78 is 1.77. The van der Waals surface area contributed by atoms with E-state index in [1.165, 1.54) is 0 Å². The second-order valence-corrected chi connectivity index (χ2v) is 5.96. The van der Waals surface area contributed by atoms with Gasteiger partial charge in [0.2, 0.25) is 0 Å². The largest absolute Gasteiger partial charge is 0.352 e. The lowest BCUT2D eigenvalue weighted by atomic mass is 10.1. The molecule has 128 valence electrons. The summed E-state index contributed by atoms with van der Waals surface area (Å²) in [5.41, 5.74) is 1.65. The smallest absolute Gasteiger partial charge is 0.314 e. The molecule has 1 saturated heterocycles. The Balaban J connectivity index is 1.85. The van der Waals surface area contributed by atoms with Crippen LogP contribution < -0.4 is 21.1 Å². The van der Waals surface area contributed by atoms with Crippen LogP contribution in [0, 0.1) is 0 Å². The molecule has 2 N–H and O–H groups in total. The molecule has 2 heterocycles. The third-order valence-electron chi connectivity index (χ3n) is 4.51. The van der Waals surface area contributed by atoms with Gasteiger partial charge < -0.3 is 20.1 Å². The molecule has 1 fully saturated rings. The van der Waals surface area contributed by atoms with Gasteiger partial charge in [0, 0.05) is 32.7 Å². The second-order valence-electron chi connectivity index (χ2n) is 5.96. The maximum atomic E-state index is 12.8. The molecule has 1 aromatic carbocycles. The minimum Gasteiger partial charge on any atom is -0.352 e. The number of aryl methyl sites for hydroxylation is 1. The standard InChI is InChI=1S/C17H23N5O2/c1-3-22-14-7-5-4-6-13(14)20-15(16(22)23)21-10-8-12(9-11-21)19-17(24)18-2/h4-7,12H,3,8-11H2,1-2H3,(H2,18,19,24). The zero-order chi connectivity index (χ0) is 17.1. The summed E-state index contributed by atoms with van der Waals surface area (Å²) in [6.07, 6.45) is 1.60. The molecular formula is C17H23N5O2. The van der Waals surface area contributed by atoms with Crippen molar-refractivity contribution < 1.29 is 4.79 Å². The van der Waals surface area contributed by atoms with Gasteiger partial charge >= 0.3 is 6.03 Å². The van der Waals surface area contributed by atoms with Gasteiger partial charge in [-0.05, 0) is 31.9 Å². The highest BCUT2D eigenvalue weighted by molar-refractivity contribution is 5.76. The Morgan fingerprint density at radius 2 is 2.00 bits per heavy atom. The predicted molar refractivity (Wildman–Crippen MR) is 94.5 cm³/mol. The lowest BCUT2D eigenvalue weighted by molar-refractivity contribution is 0.236. The first-order valence-corrected chi connectivity index (χ1v) is 8.36. The average Bonchev–Trinajstić information content (AvgIpc) is 2.62. The summed E-state index contributed by atoms with van der Waals surface area (Å²) >= 11 is 0. The Labute approximate surface area is 140 Å². The van der Waals surface area contributed by atoms with Crippen LogP contribution in [-0.4, -0.2) is 41.8 Å². The summed E-state index contributed by atoms with van der Waals surface area (Å²) in [5, 5.41) is 5.50. The number of anilines is 1. The lowest BCUT2D eigenvalue weighted by Crippen LogP contribution is -2.48. The number of nitrogens with one attached hydrogen (secondary N) is 2. The van der Waals surface area contributed by atoms with Crippen molar-refractivity contribution in [2.75, 3.05) is 25.0 Å². The van der Waals surface area contributed by atoms with Gasteiger partial charge in [-0.25, -0.2) is 9.78 Å². The Morgan fingerprint density at radius 1 is 1.29 bits per heavy atom. The Bertz CT molecular complexity index is 793.